The number of aromatic nitrogens is 2. The Balaban J connectivity index is 1.66. The molecule has 30 heavy (non-hydrogen) atoms. The van der Waals surface area contributed by atoms with Crippen LogP contribution in [0.15, 0.2) is 27.5 Å². The van der Waals surface area contributed by atoms with Crippen LogP contribution in [0.5, 0.6) is 0 Å². The summed E-state index contributed by atoms with van der Waals surface area (Å²) < 4.78 is 44.2. The van der Waals surface area contributed by atoms with E-state index in [1.54, 1.807) is 6.92 Å². The highest BCUT2D eigenvalue weighted by atomic mass is 79.9. The maximum Gasteiger partial charge on any atom is 0.417 e. The minimum atomic E-state index is -4.54. The molecule has 7 nitrogen and oxygen atoms in total. The van der Waals surface area contributed by atoms with Gasteiger partial charge in [0.2, 0.25) is 11.9 Å². The van der Waals surface area contributed by atoms with E-state index in [-0.39, 0.29) is 28.6 Å². The monoisotopic (exact) mass is 488 g/mol. The molecule has 1 fully saturated rings. The number of hydrogen-bond acceptors (Lipinski definition) is 5. The second-order valence-corrected chi connectivity index (χ2v) is 7.65. The number of halogens is 4. The normalized spacial score (nSPS) is 14.6. The summed E-state index contributed by atoms with van der Waals surface area (Å²) in [7, 11) is 0. The lowest BCUT2D eigenvalue weighted by molar-refractivity contribution is -0.138. The number of amides is 1. The topological polar surface area (TPSA) is 87.3 Å². The van der Waals surface area contributed by atoms with Crippen molar-refractivity contribution in [3.63, 3.8) is 0 Å². The first kappa shape index (κ1) is 22.3. The predicted molar refractivity (Wildman–Crippen MR) is 109 cm³/mol. The number of carbonyl (C=O) groups is 1. The van der Waals surface area contributed by atoms with Crippen LogP contribution in [0.1, 0.15) is 23.2 Å². The van der Waals surface area contributed by atoms with Gasteiger partial charge in [0.05, 0.1) is 18.8 Å². The number of benzene rings is 1. The molecule has 0 radical (unpaired) electrons. The predicted octanol–water partition coefficient (Wildman–Crippen LogP) is 3.27. The number of morpholine rings is 1. The second kappa shape index (κ2) is 9.17. The van der Waals surface area contributed by atoms with E-state index in [1.165, 1.54) is 12.1 Å². The number of aryl methyl sites for hydroxylation is 1. The molecule has 0 atom stereocenters. The van der Waals surface area contributed by atoms with Crippen LogP contribution in [0, 0.1) is 6.92 Å². The lowest BCUT2D eigenvalue weighted by atomic mass is 10.1. The van der Waals surface area contributed by atoms with E-state index in [0.717, 1.165) is 6.07 Å². The number of nitrogens with zero attached hydrogens (tertiary/aromatic N) is 2. The highest BCUT2D eigenvalue weighted by Crippen LogP contribution is 2.36. The fourth-order valence-electron chi connectivity index (χ4n) is 3.10. The number of hydrogen-bond donors (Lipinski definition) is 2. The maximum atomic E-state index is 13.0. The van der Waals surface area contributed by atoms with Crippen LogP contribution >= 0.6 is 15.9 Å². The van der Waals surface area contributed by atoms with Gasteiger partial charge in [-0.3, -0.25) is 14.6 Å². The molecule has 2 N–H and O–H groups in total. The van der Waals surface area contributed by atoms with Gasteiger partial charge >= 0.3 is 6.18 Å². The summed E-state index contributed by atoms with van der Waals surface area (Å²) in [4.78, 5) is 33.7. The van der Waals surface area contributed by atoms with Gasteiger partial charge in [-0.15, -0.1) is 0 Å². The quantitative estimate of drug-likeness (QED) is 0.674. The smallest absolute Gasteiger partial charge is 0.378 e. The summed E-state index contributed by atoms with van der Waals surface area (Å²) in [6, 6.07) is 3.45. The Kier molecular flexibility index (Phi) is 6.81. The first-order chi connectivity index (χ1) is 14.1. The molecule has 0 unspecified atom stereocenters. The first-order valence-electron chi connectivity index (χ1n) is 9.24. The lowest BCUT2D eigenvalue weighted by Crippen LogP contribution is -2.38. The van der Waals surface area contributed by atoms with Crippen LogP contribution in [-0.4, -0.2) is 42.2 Å². The van der Waals surface area contributed by atoms with Gasteiger partial charge in [0.15, 0.2) is 0 Å². The molecule has 2 heterocycles. The van der Waals surface area contributed by atoms with E-state index in [9.17, 15) is 22.8 Å². The van der Waals surface area contributed by atoms with E-state index < -0.39 is 17.6 Å². The Morgan fingerprint density at radius 3 is 2.67 bits per heavy atom. The Morgan fingerprint density at radius 1 is 1.33 bits per heavy atom. The van der Waals surface area contributed by atoms with E-state index in [2.05, 4.69) is 31.2 Å². The third-order valence-corrected chi connectivity index (χ3v) is 5.37. The van der Waals surface area contributed by atoms with Gasteiger partial charge in [-0.1, -0.05) is 15.9 Å². The van der Waals surface area contributed by atoms with Crippen LogP contribution in [-0.2, 0) is 22.1 Å². The van der Waals surface area contributed by atoms with Crippen LogP contribution < -0.4 is 15.8 Å². The van der Waals surface area contributed by atoms with Gasteiger partial charge in [0.1, 0.15) is 0 Å². The van der Waals surface area contributed by atoms with Crippen LogP contribution in [0.3, 0.4) is 0 Å². The Bertz CT molecular complexity index is 988. The van der Waals surface area contributed by atoms with Crippen molar-refractivity contribution < 1.29 is 22.7 Å². The zero-order chi connectivity index (χ0) is 21.9. The average molecular weight is 489 g/mol. The third-order valence-electron chi connectivity index (χ3n) is 4.68. The molecular weight excluding hydrogens is 469 g/mol. The first-order valence-corrected chi connectivity index (χ1v) is 10.0. The van der Waals surface area contributed by atoms with Gasteiger partial charge in [0, 0.05) is 40.9 Å². The number of alkyl halides is 3. The molecule has 1 amide bonds. The van der Waals surface area contributed by atoms with Gasteiger partial charge in [-0.05, 0) is 31.5 Å². The summed E-state index contributed by atoms with van der Waals surface area (Å²) >= 11 is 2.86. The molecule has 0 aliphatic carbocycles. The van der Waals surface area contributed by atoms with Crippen molar-refractivity contribution in [1.29, 1.82) is 0 Å². The fraction of sp³-hybridized carbons (Fsp3) is 0.421. The van der Waals surface area contributed by atoms with Gasteiger partial charge < -0.3 is 15.0 Å². The molecule has 1 aliphatic rings. The van der Waals surface area contributed by atoms with E-state index >= 15 is 0 Å². The summed E-state index contributed by atoms with van der Waals surface area (Å²) in [6.45, 7) is 4.04. The molecule has 1 aliphatic heterocycles. The summed E-state index contributed by atoms with van der Waals surface area (Å²) in [5.74, 6) is -0.0370. The molecule has 1 saturated heterocycles. The number of rotatable bonds is 5. The van der Waals surface area contributed by atoms with Crippen LogP contribution in [0.25, 0.3) is 0 Å². The molecule has 3 rings (SSSR count). The summed E-state index contributed by atoms with van der Waals surface area (Å²) in [5.41, 5.74) is -0.304. The maximum absolute atomic E-state index is 13.0. The summed E-state index contributed by atoms with van der Waals surface area (Å²) in [5, 5.41) is 2.44. The van der Waals surface area contributed by atoms with E-state index in [1.807, 2.05) is 4.90 Å². The highest BCUT2D eigenvalue weighted by Gasteiger charge is 2.33. The van der Waals surface area contributed by atoms with Crippen molar-refractivity contribution >= 4 is 33.5 Å². The minimum absolute atomic E-state index is 0.0296. The third kappa shape index (κ3) is 5.39. The van der Waals surface area contributed by atoms with Crippen molar-refractivity contribution in [3.05, 3.63) is 49.8 Å². The van der Waals surface area contributed by atoms with Gasteiger partial charge in [-0.25, -0.2) is 4.98 Å². The molecule has 0 bridgehead atoms. The van der Waals surface area contributed by atoms with Crippen molar-refractivity contribution in [2.75, 3.05) is 36.5 Å². The number of H-pyrrole nitrogens is 1. The average Bonchev–Trinajstić information content (AvgIpc) is 2.68. The summed E-state index contributed by atoms with van der Waals surface area (Å²) in [6.07, 6.45) is -4.50. The van der Waals surface area contributed by atoms with E-state index in [4.69, 9.17) is 4.74 Å². The zero-order valence-corrected chi connectivity index (χ0v) is 17.7. The second-order valence-electron chi connectivity index (χ2n) is 6.79. The molecule has 162 valence electrons. The van der Waals surface area contributed by atoms with Crippen molar-refractivity contribution in [2.24, 2.45) is 0 Å². The molecule has 0 saturated carbocycles. The van der Waals surface area contributed by atoms with Crippen LogP contribution in [0.4, 0.5) is 24.8 Å². The Hall–Kier alpha value is -2.40. The number of anilines is 2. The molecule has 0 spiro atoms. The molecule has 1 aromatic heterocycles. The SMILES string of the molecule is Cc1nc(N2CCOCC2)[nH]c(=O)c1CCC(=O)Nc1ccc(Br)c(C(F)(F)F)c1. The largest absolute Gasteiger partial charge is 0.417 e. The van der Waals surface area contributed by atoms with Crippen LogP contribution in [0.2, 0.25) is 0 Å². The molecular formula is C19H20BrF3N4O3. The molecule has 11 heteroatoms. The lowest BCUT2D eigenvalue weighted by Gasteiger charge is -2.27. The van der Waals surface area contributed by atoms with Crippen molar-refractivity contribution in [2.45, 2.75) is 25.9 Å². The molecule has 1 aromatic carbocycles. The highest BCUT2D eigenvalue weighted by molar-refractivity contribution is 9.10. The van der Waals surface area contributed by atoms with Crippen molar-refractivity contribution in [1.82, 2.24) is 9.97 Å². The zero-order valence-electron chi connectivity index (χ0n) is 16.1. The number of nitrogens with one attached hydrogen (secondary N) is 2. The van der Waals surface area contributed by atoms with E-state index in [0.29, 0.717) is 43.5 Å². The van der Waals surface area contributed by atoms with Crippen molar-refractivity contribution in [3.8, 4) is 0 Å². The fourth-order valence-corrected chi connectivity index (χ4v) is 3.57. The number of carbonyl (C=O) groups excluding carboxylic acids is 1. The Labute approximate surface area is 178 Å². The Morgan fingerprint density at radius 2 is 2.03 bits per heavy atom. The standard InChI is InChI=1S/C19H20BrF3N4O3/c1-11-13(17(29)26-18(24-11)27-6-8-30-9-7-27)3-5-16(28)25-12-2-4-15(20)14(10-12)19(21,22)23/h2,4,10H,3,5-9H2,1H3,(H,25,28)(H,24,26,29). The number of aromatic amines is 1. The molecule has 2 aromatic rings. The van der Waals surface area contributed by atoms with Gasteiger partial charge in [0.25, 0.3) is 5.56 Å². The van der Waals surface area contributed by atoms with Gasteiger partial charge in [-0.2, -0.15) is 13.2 Å². The minimum Gasteiger partial charge on any atom is -0.378 e. The number of ether oxygens (including phenoxy) is 1.